The summed E-state index contributed by atoms with van der Waals surface area (Å²) in [6, 6.07) is 9.20. The van der Waals surface area contributed by atoms with Gasteiger partial charge in [0.25, 0.3) is 0 Å². The Labute approximate surface area is 134 Å². The third-order valence-electron chi connectivity index (χ3n) is 3.28. The molecule has 3 aromatic rings. The number of anilines is 1. The standard InChI is InChI=1S/C15H16N5O2P/c1-11(22-10-23(21)12-5-3-2-4-6-12)7-20-9-19-13-14(16)17-8-18-15(13)20/h2-6,8-11H,7H2,1H3,(H2,16,17,18)/t11-/m1/s1. The Hall–Kier alpha value is -2.34. The minimum atomic E-state index is -1.68. The maximum atomic E-state index is 12.1. The van der Waals surface area contributed by atoms with Gasteiger partial charge in [0.2, 0.25) is 5.98 Å². The monoisotopic (exact) mass is 329 g/mol. The van der Waals surface area contributed by atoms with Gasteiger partial charge in [0.1, 0.15) is 24.9 Å². The Kier molecular flexibility index (Phi) is 4.62. The third-order valence-corrected chi connectivity index (χ3v) is 4.40. The Morgan fingerprint density at radius 1 is 1.30 bits per heavy atom. The summed E-state index contributed by atoms with van der Waals surface area (Å²) in [6.07, 6.45) is 2.86. The highest BCUT2D eigenvalue weighted by molar-refractivity contribution is 7.57. The molecule has 1 aromatic carbocycles. The molecule has 0 bridgehead atoms. The molecule has 23 heavy (non-hydrogen) atoms. The summed E-state index contributed by atoms with van der Waals surface area (Å²) < 4.78 is 7.41. The van der Waals surface area contributed by atoms with Crippen LogP contribution >= 0.6 is 7.77 Å². The van der Waals surface area contributed by atoms with E-state index in [9.17, 15) is 4.89 Å². The SMILES string of the molecule is C[C@H](Cn1cnc2c(N)ncnc21)OC=[P+]([O-])c1ccccc1. The first kappa shape index (κ1) is 15.6. The van der Waals surface area contributed by atoms with Gasteiger partial charge in [0.05, 0.1) is 19.0 Å². The lowest BCUT2D eigenvalue weighted by Crippen LogP contribution is -2.17. The number of fused-ring (bicyclic) bond motifs is 1. The van der Waals surface area contributed by atoms with Crippen LogP contribution in [0.1, 0.15) is 6.92 Å². The average Bonchev–Trinajstić information content (AvgIpc) is 2.98. The van der Waals surface area contributed by atoms with Crippen LogP contribution in [0.5, 0.6) is 0 Å². The summed E-state index contributed by atoms with van der Waals surface area (Å²) in [5, 5.41) is 0.739. The molecular formula is C15H16N5O2P. The molecule has 118 valence electrons. The molecule has 2 aromatic heterocycles. The summed E-state index contributed by atoms with van der Waals surface area (Å²) in [5.41, 5.74) is 6.98. The van der Waals surface area contributed by atoms with Crippen molar-refractivity contribution in [2.24, 2.45) is 0 Å². The lowest BCUT2D eigenvalue weighted by atomic mass is 10.4. The first-order valence-corrected chi connectivity index (χ1v) is 8.39. The van der Waals surface area contributed by atoms with E-state index in [-0.39, 0.29) is 6.10 Å². The lowest BCUT2D eigenvalue weighted by molar-refractivity contribution is -0.150. The zero-order valence-electron chi connectivity index (χ0n) is 12.5. The Morgan fingerprint density at radius 2 is 2.09 bits per heavy atom. The zero-order valence-corrected chi connectivity index (χ0v) is 13.4. The van der Waals surface area contributed by atoms with Crippen molar-refractivity contribution >= 4 is 36.0 Å². The van der Waals surface area contributed by atoms with E-state index in [1.807, 2.05) is 41.8 Å². The minimum absolute atomic E-state index is 0.189. The van der Waals surface area contributed by atoms with E-state index in [0.29, 0.717) is 23.5 Å². The van der Waals surface area contributed by atoms with Crippen LogP contribution in [0.25, 0.3) is 11.2 Å². The van der Waals surface area contributed by atoms with Gasteiger partial charge in [0, 0.05) is 0 Å². The molecule has 8 heteroatoms. The lowest BCUT2D eigenvalue weighted by Gasteiger charge is -2.10. The second kappa shape index (κ2) is 6.83. The quantitative estimate of drug-likeness (QED) is 0.690. The highest BCUT2D eigenvalue weighted by Gasteiger charge is 2.11. The van der Waals surface area contributed by atoms with Gasteiger partial charge in [-0.3, -0.25) is 0 Å². The topological polar surface area (TPSA) is 102 Å². The number of rotatable bonds is 5. The maximum absolute atomic E-state index is 12.1. The summed E-state index contributed by atoms with van der Waals surface area (Å²) in [4.78, 5) is 24.4. The van der Waals surface area contributed by atoms with Crippen LogP contribution in [0.15, 0.2) is 43.0 Å². The van der Waals surface area contributed by atoms with Crippen molar-refractivity contribution in [2.45, 2.75) is 19.6 Å². The number of nitrogens with zero attached hydrogens (tertiary/aromatic N) is 4. The molecule has 7 nitrogen and oxygen atoms in total. The fourth-order valence-corrected chi connectivity index (χ4v) is 3.05. The van der Waals surface area contributed by atoms with Gasteiger partial charge in [-0.25, -0.2) is 15.0 Å². The predicted octanol–water partition coefficient (Wildman–Crippen LogP) is 0.656. The van der Waals surface area contributed by atoms with Gasteiger partial charge in [0.15, 0.2) is 11.5 Å². The summed E-state index contributed by atoms with van der Waals surface area (Å²) in [7, 11) is -1.68. The van der Waals surface area contributed by atoms with E-state index in [2.05, 4.69) is 15.0 Å². The fraction of sp³-hybridized carbons (Fsp3) is 0.200. The van der Waals surface area contributed by atoms with Crippen molar-refractivity contribution in [1.29, 1.82) is 0 Å². The van der Waals surface area contributed by atoms with Gasteiger partial charge in [-0.15, -0.1) is 0 Å². The van der Waals surface area contributed by atoms with Crippen molar-refractivity contribution in [2.75, 3.05) is 5.73 Å². The summed E-state index contributed by atoms with van der Waals surface area (Å²) in [6.45, 7) is 2.41. The van der Waals surface area contributed by atoms with Crippen molar-refractivity contribution in [1.82, 2.24) is 19.5 Å². The molecule has 0 aliphatic carbocycles. The summed E-state index contributed by atoms with van der Waals surface area (Å²) >= 11 is 0. The molecule has 0 fully saturated rings. The Morgan fingerprint density at radius 3 is 2.87 bits per heavy atom. The number of imidazole rings is 1. The van der Waals surface area contributed by atoms with Gasteiger partial charge in [-0.05, 0) is 19.1 Å². The van der Waals surface area contributed by atoms with Gasteiger partial charge < -0.3 is 19.9 Å². The van der Waals surface area contributed by atoms with Gasteiger partial charge >= 0.3 is 0 Å². The molecule has 0 amide bonds. The number of aromatic nitrogens is 4. The molecule has 1 unspecified atom stereocenters. The first-order chi connectivity index (χ1) is 11.1. The second-order valence-corrected chi connectivity index (χ2v) is 6.42. The van der Waals surface area contributed by atoms with E-state index in [1.54, 1.807) is 6.33 Å². The molecular weight excluding hydrogens is 313 g/mol. The van der Waals surface area contributed by atoms with Crippen molar-refractivity contribution in [3.63, 3.8) is 0 Å². The van der Waals surface area contributed by atoms with E-state index in [0.717, 1.165) is 5.30 Å². The zero-order chi connectivity index (χ0) is 16.2. The van der Waals surface area contributed by atoms with Crippen molar-refractivity contribution < 1.29 is 9.63 Å². The van der Waals surface area contributed by atoms with Crippen molar-refractivity contribution in [3.05, 3.63) is 43.0 Å². The highest BCUT2D eigenvalue weighted by Crippen LogP contribution is 2.15. The van der Waals surface area contributed by atoms with E-state index >= 15 is 0 Å². The largest absolute Gasteiger partial charge is 0.624 e. The number of benzene rings is 1. The van der Waals surface area contributed by atoms with Crippen LogP contribution < -0.4 is 15.9 Å². The van der Waals surface area contributed by atoms with E-state index in [1.165, 1.54) is 12.3 Å². The number of ether oxygens (including phenoxy) is 1. The number of nitrogen functional groups attached to an aromatic ring is 1. The molecule has 3 rings (SSSR count). The second-order valence-electron chi connectivity index (χ2n) is 5.04. The molecule has 0 saturated carbocycles. The van der Waals surface area contributed by atoms with E-state index < -0.39 is 7.77 Å². The smallest absolute Gasteiger partial charge is 0.214 e. The number of hydrogen-bond acceptors (Lipinski definition) is 6. The molecule has 2 N–H and O–H groups in total. The first-order valence-electron chi connectivity index (χ1n) is 7.06. The molecule has 0 spiro atoms. The predicted molar refractivity (Wildman–Crippen MR) is 89.3 cm³/mol. The van der Waals surface area contributed by atoms with Crippen LogP contribution in [0.3, 0.4) is 0 Å². The molecule has 0 aliphatic heterocycles. The molecule has 0 saturated heterocycles. The van der Waals surface area contributed by atoms with Crippen LogP contribution in [-0.2, 0) is 11.3 Å². The summed E-state index contributed by atoms with van der Waals surface area (Å²) in [5.74, 6) is 1.73. The number of nitrogens with two attached hydrogens (primary N) is 1. The van der Waals surface area contributed by atoms with Crippen LogP contribution in [-0.4, -0.2) is 31.6 Å². The van der Waals surface area contributed by atoms with Gasteiger partial charge in [-0.2, -0.15) is 0 Å². The average molecular weight is 329 g/mol. The van der Waals surface area contributed by atoms with Crippen LogP contribution in [0, 0.1) is 0 Å². The maximum Gasteiger partial charge on any atom is 0.214 e. The highest BCUT2D eigenvalue weighted by atomic mass is 31.1. The molecule has 0 aliphatic rings. The minimum Gasteiger partial charge on any atom is -0.624 e. The Bertz CT molecular complexity index is 834. The molecule has 2 atom stereocenters. The number of hydrogen-bond donors (Lipinski definition) is 1. The van der Waals surface area contributed by atoms with E-state index in [4.69, 9.17) is 10.5 Å². The van der Waals surface area contributed by atoms with Crippen LogP contribution in [0.2, 0.25) is 0 Å². The van der Waals surface area contributed by atoms with Crippen molar-refractivity contribution in [3.8, 4) is 0 Å². The normalized spacial score (nSPS) is 13.4. The molecule has 2 heterocycles. The molecule has 0 radical (unpaired) electrons. The Balaban J connectivity index is 1.69. The fourth-order valence-electron chi connectivity index (χ4n) is 2.15. The van der Waals surface area contributed by atoms with Gasteiger partial charge in [-0.1, -0.05) is 18.2 Å². The third kappa shape index (κ3) is 3.53. The van der Waals surface area contributed by atoms with Crippen LogP contribution in [0.4, 0.5) is 5.82 Å².